The first-order valence-corrected chi connectivity index (χ1v) is 8.24. The average molecular weight is 356 g/mol. The van der Waals surface area contributed by atoms with E-state index in [4.69, 9.17) is 14.2 Å². The number of carbonyl (C=O) groups is 2. The van der Waals surface area contributed by atoms with Crippen molar-refractivity contribution in [2.45, 2.75) is 12.8 Å². The van der Waals surface area contributed by atoms with Crippen molar-refractivity contribution in [1.29, 1.82) is 0 Å². The Hall–Kier alpha value is -3.22. The molecular formula is C19H20N2O5. The van der Waals surface area contributed by atoms with E-state index >= 15 is 0 Å². The quantitative estimate of drug-likeness (QED) is 0.742. The lowest BCUT2D eigenvalue weighted by Gasteiger charge is -2.09. The normalized spacial score (nSPS) is 11.7. The molecule has 136 valence electrons. The molecule has 0 aliphatic carbocycles. The fraction of sp³-hybridized carbons (Fsp3) is 0.263. The van der Waals surface area contributed by atoms with E-state index in [-0.39, 0.29) is 19.1 Å². The Kier molecular flexibility index (Phi) is 5.58. The Morgan fingerprint density at radius 3 is 2.73 bits per heavy atom. The van der Waals surface area contributed by atoms with Gasteiger partial charge in [0.1, 0.15) is 12.2 Å². The molecule has 7 nitrogen and oxygen atoms in total. The number of hydrogen-bond acceptors (Lipinski definition) is 5. The molecule has 2 N–H and O–H groups in total. The van der Waals surface area contributed by atoms with Gasteiger partial charge in [-0.25, -0.2) is 0 Å². The Balaban J connectivity index is 1.43. The third kappa shape index (κ3) is 4.44. The fourth-order valence-electron chi connectivity index (χ4n) is 2.63. The van der Waals surface area contributed by atoms with Gasteiger partial charge in [0, 0.05) is 18.3 Å². The van der Waals surface area contributed by atoms with Crippen molar-refractivity contribution in [3.8, 4) is 17.2 Å². The lowest BCUT2D eigenvalue weighted by atomic mass is 10.1. The molecule has 2 aromatic carbocycles. The van der Waals surface area contributed by atoms with Crippen molar-refractivity contribution in [3.05, 3.63) is 48.0 Å². The van der Waals surface area contributed by atoms with Gasteiger partial charge in [0.15, 0.2) is 11.5 Å². The van der Waals surface area contributed by atoms with Gasteiger partial charge in [-0.3, -0.25) is 9.59 Å². The summed E-state index contributed by atoms with van der Waals surface area (Å²) in [5.74, 6) is 1.26. The Morgan fingerprint density at radius 2 is 1.88 bits per heavy atom. The van der Waals surface area contributed by atoms with Gasteiger partial charge < -0.3 is 24.8 Å². The molecule has 0 saturated heterocycles. The first kappa shape index (κ1) is 17.6. The topological polar surface area (TPSA) is 85.9 Å². The Labute approximate surface area is 151 Å². The van der Waals surface area contributed by atoms with Crippen LogP contribution < -0.4 is 24.8 Å². The largest absolute Gasteiger partial charge is 0.496 e. The number of rotatable bonds is 7. The molecule has 0 radical (unpaired) electrons. The highest BCUT2D eigenvalue weighted by molar-refractivity contribution is 6.03. The molecule has 2 aromatic rings. The average Bonchev–Trinajstić information content (AvgIpc) is 3.09. The minimum absolute atomic E-state index is 0.168. The lowest BCUT2D eigenvalue weighted by Crippen LogP contribution is -2.29. The maximum Gasteiger partial charge on any atom is 0.233 e. The van der Waals surface area contributed by atoms with Crippen molar-refractivity contribution in [3.63, 3.8) is 0 Å². The molecule has 1 aliphatic rings. The van der Waals surface area contributed by atoms with Gasteiger partial charge in [-0.1, -0.05) is 18.2 Å². The molecule has 0 saturated carbocycles. The molecular weight excluding hydrogens is 336 g/mol. The van der Waals surface area contributed by atoms with Crippen LogP contribution in [0, 0.1) is 0 Å². The van der Waals surface area contributed by atoms with Crippen molar-refractivity contribution in [1.82, 2.24) is 5.32 Å². The summed E-state index contributed by atoms with van der Waals surface area (Å²) in [6, 6.07) is 12.7. The number of amides is 2. The van der Waals surface area contributed by atoms with E-state index in [1.165, 1.54) is 0 Å². The molecule has 0 fully saturated rings. The van der Waals surface area contributed by atoms with Crippen LogP contribution in [0.3, 0.4) is 0 Å². The van der Waals surface area contributed by atoms with Crippen LogP contribution in [0.15, 0.2) is 42.5 Å². The molecule has 1 heterocycles. The number of benzene rings is 2. The summed E-state index contributed by atoms with van der Waals surface area (Å²) in [4.78, 5) is 23.9. The van der Waals surface area contributed by atoms with Crippen LogP contribution in [0.25, 0.3) is 0 Å². The van der Waals surface area contributed by atoms with Gasteiger partial charge in [0.25, 0.3) is 0 Å². The van der Waals surface area contributed by atoms with E-state index in [1.807, 2.05) is 24.3 Å². The summed E-state index contributed by atoms with van der Waals surface area (Å²) in [7, 11) is 1.61. The van der Waals surface area contributed by atoms with Crippen molar-refractivity contribution >= 4 is 17.5 Å². The zero-order valence-corrected chi connectivity index (χ0v) is 14.4. The van der Waals surface area contributed by atoms with Crippen LogP contribution in [0.1, 0.15) is 12.0 Å². The van der Waals surface area contributed by atoms with E-state index in [9.17, 15) is 9.59 Å². The van der Waals surface area contributed by atoms with Crippen molar-refractivity contribution in [2.24, 2.45) is 0 Å². The van der Waals surface area contributed by atoms with Gasteiger partial charge in [0.05, 0.1) is 7.11 Å². The van der Waals surface area contributed by atoms with E-state index in [2.05, 4.69) is 10.6 Å². The summed E-state index contributed by atoms with van der Waals surface area (Å²) in [6.45, 7) is 0.595. The summed E-state index contributed by atoms with van der Waals surface area (Å²) in [6.07, 6.45) is 0.375. The minimum Gasteiger partial charge on any atom is -0.496 e. The standard InChI is InChI=1S/C19H20N2O5/c1-24-15-5-3-2-4-13(15)8-9-20-18(22)11-19(23)21-14-6-7-16-17(10-14)26-12-25-16/h2-7,10H,8-9,11-12H2,1H3,(H,20,22)(H,21,23). The number of hydrogen-bond donors (Lipinski definition) is 2. The number of ether oxygens (including phenoxy) is 3. The summed E-state index contributed by atoms with van der Waals surface area (Å²) >= 11 is 0. The zero-order valence-electron chi connectivity index (χ0n) is 14.4. The smallest absolute Gasteiger partial charge is 0.233 e. The molecule has 26 heavy (non-hydrogen) atoms. The number of nitrogens with one attached hydrogen (secondary N) is 2. The molecule has 1 aliphatic heterocycles. The maximum absolute atomic E-state index is 12.0. The molecule has 0 spiro atoms. The van der Waals surface area contributed by atoms with E-state index in [0.29, 0.717) is 30.2 Å². The van der Waals surface area contributed by atoms with Gasteiger partial charge in [-0.05, 0) is 30.2 Å². The fourth-order valence-corrected chi connectivity index (χ4v) is 2.63. The van der Waals surface area contributed by atoms with E-state index in [0.717, 1.165) is 11.3 Å². The van der Waals surface area contributed by atoms with Gasteiger partial charge >= 0.3 is 0 Å². The predicted molar refractivity (Wildman–Crippen MR) is 95.5 cm³/mol. The maximum atomic E-state index is 12.0. The van der Waals surface area contributed by atoms with Crippen LogP contribution in [0.2, 0.25) is 0 Å². The van der Waals surface area contributed by atoms with E-state index in [1.54, 1.807) is 25.3 Å². The van der Waals surface area contributed by atoms with Crippen LogP contribution in [0.5, 0.6) is 17.2 Å². The Bertz CT molecular complexity index is 806. The molecule has 0 atom stereocenters. The first-order valence-electron chi connectivity index (χ1n) is 8.24. The number of methoxy groups -OCH3 is 1. The molecule has 7 heteroatoms. The molecule has 3 rings (SSSR count). The SMILES string of the molecule is COc1ccccc1CCNC(=O)CC(=O)Nc1ccc2c(c1)OCO2. The highest BCUT2D eigenvalue weighted by atomic mass is 16.7. The highest BCUT2D eigenvalue weighted by Crippen LogP contribution is 2.34. The third-order valence-electron chi connectivity index (χ3n) is 3.89. The first-order chi connectivity index (χ1) is 12.7. The minimum atomic E-state index is -0.390. The molecule has 0 aromatic heterocycles. The predicted octanol–water partition coefficient (Wildman–Crippen LogP) is 2.11. The number of fused-ring (bicyclic) bond motifs is 1. The molecule has 2 amide bonds. The zero-order chi connectivity index (χ0) is 18.4. The third-order valence-corrected chi connectivity index (χ3v) is 3.89. The number of carbonyl (C=O) groups excluding carboxylic acids is 2. The summed E-state index contributed by atoms with van der Waals surface area (Å²) in [5.41, 5.74) is 1.56. The van der Waals surface area contributed by atoms with Crippen molar-refractivity contribution in [2.75, 3.05) is 25.8 Å². The van der Waals surface area contributed by atoms with E-state index < -0.39 is 5.91 Å². The van der Waals surface area contributed by atoms with Crippen LogP contribution in [-0.4, -0.2) is 32.3 Å². The highest BCUT2D eigenvalue weighted by Gasteiger charge is 2.15. The summed E-state index contributed by atoms with van der Waals surface area (Å²) < 4.78 is 15.7. The monoisotopic (exact) mass is 356 g/mol. The molecule has 0 bridgehead atoms. The lowest BCUT2D eigenvalue weighted by molar-refractivity contribution is -0.126. The Morgan fingerprint density at radius 1 is 1.08 bits per heavy atom. The van der Waals surface area contributed by atoms with Gasteiger partial charge in [-0.15, -0.1) is 0 Å². The van der Waals surface area contributed by atoms with Crippen LogP contribution in [-0.2, 0) is 16.0 Å². The second-order valence-corrected chi connectivity index (χ2v) is 5.70. The van der Waals surface area contributed by atoms with Crippen molar-refractivity contribution < 1.29 is 23.8 Å². The number of anilines is 1. The second kappa shape index (κ2) is 8.24. The number of para-hydroxylation sites is 1. The van der Waals surface area contributed by atoms with Gasteiger partial charge in [0.2, 0.25) is 18.6 Å². The molecule has 0 unspecified atom stereocenters. The van der Waals surface area contributed by atoms with Crippen LogP contribution >= 0.6 is 0 Å². The summed E-state index contributed by atoms with van der Waals surface area (Å²) in [5, 5.41) is 5.41. The van der Waals surface area contributed by atoms with Crippen LogP contribution in [0.4, 0.5) is 5.69 Å². The second-order valence-electron chi connectivity index (χ2n) is 5.70. The van der Waals surface area contributed by atoms with Gasteiger partial charge in [-0.2, -0.15) is 0 Å².